The van der Waals surface area contributed by atoms with Gasteiger partial charge in [0.05, 0.1) is 7.11 Å². The van der Waals surface area contributed by atoms with Gasteiger partial charge in [0.15, 0.2) is 8.18 Å². The molecule has 1 rings (SSSR count). The van der Waals surface area contributed by atoms with Gasteiger partial charge < -0.3 is 10.1 Å². The summed E-state index contributed by atoms with van der Waals surface area (Å²) in [5.41, 5.74) is 0.461. The van der Waals surface area contributed by atoms with Crippen molar-refractivity contribution in [2.75, 3.05) is 7.11 Å². The van der Waals surface area contributed by atoms with Crippen LogP contribution in [0.2, 0.25) is 0 Å². The van der Waals surface area contributed by atoms with E-state index in [1.165, 1.54) is 7.11 Å². The highest BCUT2D eigenvalue weighted by Crippen LogP contribution is 2.37. The van der Waals surface area contributed by atoms with E-state index in [1.54, 1.807) is 30.3 Å². The average molecular weight is 444 g/mol. The first-order valence-electron chi connectivity index (χ1n) is 4.86. The number of amides is 1. The van der Waals surface area contributed by atoms with Crippen molar-refractivity contribution in [2.24, 2.45) is 0 Å². The van der Waals surface area contributed by atoms with Gasteiger partial charge in [-0.25, -0.2) is 4.79 Å². The summed E-state index contributed by atoms with van der Waals surface area (Å²) in [6, 6.07) is 7.68. The molecule has 0 bridgehead atoms. The van der Waals surface area contributed by atoms with Crippen molar-refractivity contribution in [2.45, 2.75) is 8.18 Å². The van der Waals surface area contributed by atoms with Crippen LogP contribution >= 0.6 is 47.8 Å². The van der Waals surface area contributed by atoms with Crippen molar-refractivity contribution < 1.29 is 14.3 Å². The van der Waals surface area contributed by atoms with Gasteiger partial charge in [0.2, 0.25) is 0 Å². The van der Waals surface area contributed by atoms with Crippen LogP contribution in [0.25, 0.3) is 0 Å². The molecule has 4 nitrogen and oxygen atoms in total. The number of nitrogens with one attached hydrogen (secondary N) is 1. The molecule has 1 amide bonds. The molecule has 7 heteroatoms. The van der Waals surface area contributed by atoms with Crippen LogP contribution in [0.5, 0.6) is 0 Å². The summed E-state index contributed by atoms with van der Waals surface area (Å²) in [4.78, 5) is 23.5. The molecule has 0 aromatic heterocycles. The lowest BCUT2D eigenvalue weighted by Gasteiger charge is -2.24. The third-order valence-corrected chi connectivity index (χ3v) is 3.45. The van der Waals surface area contributed by atoms with E-state index in [0.29, 0.717) is 5.56 Å². The van der Waals surface area contributed by atoms with E-state index in [0.717, 1.165) is 0 Å². The first-order chi connectivity index (χ1) is 8.36. The smallest absolute Gasteiger partial charge is 0.331 e. The molecule has 0 heterocycles. The Morgan fingerprint density at radius 3 is 2.22 bits per heavy atom. The number of ether oxygens (including phenoxy) is 1. The first-order valence-corrected chi connectivity index (χ1v) is 7.24. The average Bonchev–Trinajstić information content (AvgIpc) is 2.34. The van der Waals surface area contributed by atoms with Crippen LogP contribution in [0.1, 0.15) is 10.4 Å². The number of esters is 1. The molecule has 1 N–H and O–H groups in total. The molecule has 98 valence electrons. The van der Waals surface area contributed by atoms with Crippen molar-refractivity contribution in [1.82, 2.24) is 5.32 Å². The zero-order valence-corrected chi connectivity index (χ0v) is 14.1. The molecule has 0 aliphatic carbocycles. The number of benzene rings is 1. The Kier molecular flexibility index (Phi) is 5.81. The lowest BCUT2D eigenvalue weighted by molar-refractivity contribution is -0.142. The van der Waals surface area contributed by atoms with Gasteiger partial charge in [0.1, 0.15) is 0 Å². The summed E-state index contributed by atoms with van der Waals surface area (Å²) in [7, 11) is 1.25. The quantitative estimate of drug-likeness (QED) is 0.577. The molecule has 1 atom stereocenters. The van der Waals surface area contributed by atoms with E-state index in [-0.39, 0.29) is 5.91 Å². The summed E-state index contributed by atoms with van der Waals surface area (Å²) >= 11 is 9.62. The summed E-state index contributed by atoms with van der Waals surface area (Å²) in [5, 5.41) is 2.57. The zero-order valence-electron chi connectivity index (χ0n) is 9.32. The normalized spacial score (nSPS) is 12.7. The molecule has 0 saturated heterocycles. The van der Waals surface area contributed by atoms with Gasteiger partial charge in [-0.3, -0.25) is 4.79 Å². The van der Waals surface area contributed by atoms with E-state index in [2.05, 4.69) is 57.8 Å². The molecule has 0 aliphatic rings. The number of carbonyl (C=O) groups excluding carboxylic acids is 2. The highest BCUT2D eigenvalue weighted by atomic mass is 80.0. The Bertz CT molecular complexity index is 431. The van der Waals surface area contributed by atoms with Gasteiger partial charge in [-0.15, -0.1) is 0 Å². The van der Waals surface area contributed by atoms with Crippen LogP contribution in [-0.2, 0) is 9.53 Å². The largest absolute Gasteiger partial charge is 0.467 e. The third-order valence-electron chi connectivity index (χ3n) is 2.08. The molecule has 1 aromatic rings. The molecule has 0 saturated carbocycles. The topological polar surface area (TPSA) is 55.4 Å². The maximum absolute atomic E-state index is 11.9. The molecular formula is C11H10Br3NO3. The molecule has 1 unspecified atom stereocenters. The highest BCUT2D eigenvalue weighted by molar-refractivity contribution is 9.39. The molecular weight excluding hydrogens is 434 g/mol. The van der Waals surface area contributed by atoms with Crippen molar-refractivity contribution in [3.05, 3.63) is 35.9 Å². The first kappa shape index (κ1) is 15.7. The van der Waals surface area contributed by atoms with E-state index in [4.69, 9.17) is 0 Å². The van der Waals surface area contributed by atoms with Crippen LogP contribution in [0, 0.1) is 0 Å². The van der Waals surface area contributed by atoms with Gasteiger partial charge in [-0.05, 0) is 12.1 Å². The standard InChI is InChI=1S/C11H10Br3NO3/c1-18-10(17)8(11(12,13)14)15-9(16)7-5-3-2-4-6-7/h2-6,8H,1H3,(H,15,16). The van der Waals surface area contributed by atoms with E-state index >= 15 is 0 Å². The SMILES string of the molecule is COC(=O)C(NC(=O)c1ccccc1)C(Br)(Br)Br. The Balaban J connectivity index is 2.86. The number of hydrogen-bond donors (Lipinski definition) is 1. The number of methoxy groups -OCH3 is 1. The maximum atomic E-state index is 11.9. The fraction of sp³-hybridized carbons (Fsp3) is 0.273. The minimum Gasteiger partial charge on any atom is -0.467 e. The number of carbonyl (C=O) groups is 2. The molecule has 1 aromatic carbocycles. The Labute approximate surface area is 130 Å². The summed E-state index contributed by atoms with van der Waals surface area (Å²) < 4.78 is 3.66. The lowest BCUT2D eigenvalue weighted by Crippen LogP contribution is -2.49. The minimum atomic E-state index is -0.968. The van der Waals surface area contributed by atoms with Crippen LogP contribution < -0.4 is 5.32 Å². The highest BCUT2D eigenvalue weighted by Gasteiger charge is 2.39. The van der Waals surface area contributed by atoms with Crippen molar-refractivity contribution in [3.63, 3.8) is 0 Å². The summed E-state index contributed by atoms with van der Waals surface area (Å²) in [6.07, 6.45) is 0. The lowest BCUT2D eigenvalue weighted by atomic mass is 10.2. The van der Waals surface area contributed by atoms with Crippen molar-refractivity contribution >= 4 is 59.7 Å². The second kappa shape index (κ2) is 6.68. The third kappa shape index (κ3) is 4.37. The van der Waals surface area contributed by atoms with Crippen molar-refractivity contribution in [3.8, 4) is 0 Å². The molecule has 0 spiro atoms. The fourth-order valence-electron chi connectivity index (χ4n) is 1.20. The van der Waals surface area contributed by atoms with Gasteiger partial charge in [0, 0.05) is 5.56 Å². The number of halogens is 3. The van der Waals surface area contributed by atoms with Crippen LogP contribution in [0.15, 0.2) is 30.3 Å². The molecule has 0 aliphatic heterocycles. The van der Waals surface area contributed by atoms with Gasteiger partial charge in [-0.1, -0.05) is 66.0 Å². The number of alkyl halides is 3. The minimum absolute atomic E-state index is 0.367. The predicted octanol–water partition coefficient (Wildman–Crippen LogP) is 2.80. The van der Waals surface area contributed by atoms with Crippen molar-refractivity contribution in [1.29, 1.82) is 0 Å². The summed E-state index contributed by atoms with van der Waals surface area (Å²) in [5.74, 6) is -0.946. The van der Waals surface area contributed by atoms with Crippen LogP contribution in [0.3, 0.4) is 0 Å². The van der Waals surface area contributed by atoms with Crippen LogP contribution in [0.4, 0.5) is 0 Å². The Morgan fingerprint density at radius 1 is 1.22 bits per heavy atom. The monoisotopic (exact) mass is 441 g/mol. The predicted molar refractivity (Wildman–Crippen MR) is 79.2 cm³/mol. The van der Waals surface area contributed by atoms with Crippen LogP contribution in [-0.4, -0.2) is 27.2 Å². The molecule has 0 radical (unpaired) electrons. The second-order valence-electron chi connectivity index (χ2n) is 3.34. The maximum Gasteiger partial charge on any atom is 0.331 e. The summed E-state index contributed by atoms with van der Waals surface area (Å²) in [6.45, 7) is 0. The number of hydrogen-bond acceptors (Lipinski definition) is 3. The Morgan fingerprint density at radius 2 is 1.78 bits per heavy atom. The molecule has 18 heavy (non-hydrogen) atoms. The van der Waals surface area contributed by atoms with Gasteiger partial charge in [-0.2, -0.15) is 0 Å². The fourth-order valence-corrected chi connectivity index (χ4v) is 2.10. The number of rotatable bonds is 3. The van der Waals surface area contributed by atoms with Gasteiger partial charge in [0.25, 0.3) is 5.91 Å². The van der Waals surface area contributed by atoms with E-state index < -0.39 is 14.2 Å². The molecule has 0 fully saturated rings. The zero-order chi connectivity index (χ0) is 13.8. The van der Waals surface area contributed by atoms with E-state index in [1.807, 2.05) is 0 Å². The second-order valence-corrected chi connectivity index (χ2v) is 10.3. The van der Waals surface area contributed by atoms with E-state index in [9.17, 15) is 9.59 Å². The Hall–Kier alpha value is -0.400. The van der Waals surface area contributed by atoms with Gasteiger partial charge >= 0.3 is 5.97 Å².